The van der Waals surface area contributed by atoms with Gasteiger partial charge in [0.1, 0.15) is 23.5 Å². The largest absolute Gasteiger partial charge is 0.360 e. The number of hydrogen-bond donors (Lipinski definition) is 1. The monoisotopic (exact) mass is 279 g/mol. The highest BCUT2D eigenvalue weighted by molar-refractivity contribution is 9.10. The lowest BCUT2D eigenvalue weighted by Gasteiger charge is -2.07. The van der Waals surface area contributed by atoms with Crippen LogP contribution in [0.5, 0.6) is 0 Å². The van der Waals surface area contributed by atoms with Crippen LogP contribution in [0.25, 0.3) is 0 Å². The van der Waals surface area contributed by atoms with Gasteiger partial charge in [-0.25, -0.2) is 4.39 Å². The van der Waals surface area contributed by atoms with Crippen molar-refractivity contribution in [3.63, 3.8) is 0 Å². The predicted octanol–water partition coefficient (Wildman–Crippen LogP) is 3.24. The van der Waals surface area contributed by atoms with E-state index in [1.807, 2.05) is 0 Å². The molecule has 0 unspecified atom stereocenters. The minimum Gasteiger partial charge on any atom is -0.360 e. The summed E-state index contributed by atoms with van der Waals surface area (Å²) in [5, 5.41) is 19.7. The number of allylic oxidation sites excluding steroid dienone is 1. The molecule has 0 aliphatic heterocycles. The summed E-state index contributed by atoms with van der Waals surface area (Å²) in [6.45, 7) is 1.61. The Bertz CT molecular complexity index is 507. The summed E-state index contributed by atoms with van der Waals surface area (Å²) in [6, 6.07) is 6.61. The SMILES string of the molecule is Cc1c(NC=C(C#N)C#N)ccc(Br)c1F. The molecule has 3 nitrogen and oxygen atoms in total. The van der Waals surface area contributed by atoms with E-state index in [0.717, 1.165) is 0 Å². The van der Waals surface area contributed by atoms with E-state index in [1.54, 1.807) is 31.2 Å². The molecule has 16 heavy (non-hydrogen) atoms. The van der Waals surface area contributed by atoms with Crippen molar-refractivity contribution in [3.05, 3.63) is 39.8 Å². The molecule has 0 radical (unpaired) electrons. The zero-order valence-electron chi connectivity index (χ0n) is 8.38. The lowest BCUT2D eigenvalue weighted by atomic mass is 10.2. The normalized spacial score (nSPS) is 8.81. The van der Waals surface area contributed by atoms with E-state index in [2.05, 4.69) is 21.2 Å². The van der Waals surface area contributed by atoms with Crippen LogP contribution in [-0.2, 0) is 0 Å². The Morgan fingerprint density at radius 2 is 2.06 bits per heavy atom. The van der Waals surface area contributed by atoms with Crippen molar-refractivity contribution < 1.29 is 4.39 Å². The number of nitrogens with zero attached hydrogens (tertiary/aromatic N) is 2. The molecule has 0 atom stereocenters. The highest BCUT2D eigenvalue weighted by Crippen LogP contribution is 2.25. The quantitative estimate of drug-likeness (QED) is 0.846. The van der Waals surface area contributed by atoms with Crippen LogP contribution in [0.2, 0.25) is 0 Å². The second-order valence-electron chi connectivity index (χ2n) is 2.96. The van der Waals surface area contributed by atoms with Gasteiger partial charge in [0.05, 0.1) is 4.47 Å². The number of nitrogens with one attached hydrogen (secondary N) is 1. The van der Waals surface area contributed by atoms with Gasteiger partial charge in [-0.05, 0) is 35.0 Å². The average Bonchev–Trinajstić information content (AvgIpc) is 2.30. The van der Waals surface area contributed by atoms with Crippen LogP contribution >= 0.6 is 15.9 Å². The Kier molecular flexibility index (Phi) is 4.04. The maximum absolute atomic E-state index is 13.4. The zero-order valence-corrected chi connectivity index (χ0v) is 9.97. The van der Waals surface area contributed by atoms with Gasteiger partial charge in [0.15, 0.2) is 0 Å². The van der Waals surface area contributed by atoms with Crippen molar-refractivity contribution in [2.75, 3.05) is 5.32 Å². The van der Waals surface area contributed by atoms with Crippen LogP contribution in [-0.4, -0.2) is 0 Å². The maximum Gasteiger partial charge on any atom is 0.145 e. The van der Waals surface area contributed by atoms with Gasteiger partial charge < -0.3 is 5.32 Å². The molecule has 80 valence electrons. The third-order valence-corrected chi connectivity index (χ3v) is 2.56. The standard InChI is InChI=1S/C11H7BrFN3/c1-7-10(3-2-9(12)11(7)13)16-6-8(4-14)5-15/h2-3,6,16H,1H3. The third-order valence-electron chi connectivity index (χ3n) is 1.95. The Morgan fingerprint density at radius 3 is 2.62 bits per heavy atom. The molecule has 0 aromatic heterocycles. The molecule has 0 spiro atoms. The molecular weight excluding hydrogens is 273 g/mol. The second kappa shape index (κ2) is 5.29. The van der Waals surface area contributed by atoms with E-state index >= 15 is 0 Å². The van der Waals surface area contributed by atoms with Crippen LogP contribution in [0.1, 0.15) is 5.56 Å². The number of nitriles is 2. The molecule has 0 heterocycles. The Morgan fingerprint density at radius 1 is 1.44 bits per heavy atom. The molecule has 0 saturated carbocycles. The van der Waals surface area contributed by atoms with E-state index in [4.69, 9.17) is 10.5 Å². The Hall–Kier alpha value is -1.85. The molecule has 1 rings (SSSR count). The fourth-order valence-corrected chi connectivity index (χ4v) is 1.48. The van der Waals surface area contributed by atoms with E-state index in [-0.39, 0.29) is 11.4 Å². The first-order valence-corrected chi connectivity index (χ1v) is 5.11. The lowest BCUT2D eigenvalue weighted by molar-refractivity contribution is 0.612. The number of anilines is 1. The van der Waals surface area contributed by atoms with Gasteiger partial charge in [0.2, 0.25) is 0 Å². The molecule has 0 aliphatic rings. The summed E-state index contributed by atoms with van der Waals surface area (Å²) in [4.78, 5) is 0. The fourth-order valence-electron chi connectivity index (χ4n) is 1.05. The molecule has 0 bridgehead atoms. The summed E-state index contributed by atoms with van der Waals surface area (Å²) in [6.07, 6.45) is 1.25. The van der Waals surface area contributed by atoms with Gasteiger partial charge in [-0.1, -0.05) is 0 Å². The first kappa shape index (κ1) is 12.2. The molecule has 1 N–H and O–H groups in total. The molecule has 1 aromatic carbocycles. The molecule has 0 aliphatic carbocycles. The zero-order chi connectivity index (χ0) is 12.1. The van der Waals surface area contributed by atoms with Crippen LogP contribution in [0.4, 0.5) is 10.1 Å². The molecule has 0 saturated heterocycles. The van der Waals surface area contributed by atoms with Gasteiger partial charge in [0, 0.05) is 17.5 Å². The molecule has 5 heteroatoms. The summed E-state index contributed by atoms with van der Waals surface area (Å²) in [5.74, 6) is -0.367. The van der Waals surface area contributed by atoms with Crippen molar-refractivity contribution in [3.8, 4) is 12.1 Å². The van der Waals surface area contributed by atoms with Gasteiger partial charge in [0.25, 0.3) is 0 Å². The minimum atomic E-state index is -0.367. The van der Waals surface area contributed by atoms with Gasteiger partial charge in [-0.2, -0.15) is 10.5 Å². The first-order chi connectivity index (χ1) is 7.60. The summed E-state index contributed by atoms with van der Waals surface area (Å²) < 4.78 is 13.8. The summed E-state index contributed by atoms with van der Waals surface area (Å²) >= 11 is 3.06. The van der Waals surface area contributed by atoms with Crippen LogP contribution in [0, 0.1) is 35.4 Å². The molecule has 0 amide bonds. The Balaban J connectivity index is 3.02. The van der Waals surface area contributed by atoms with Gasteiger partial charge >= 0.3 is 0 Å². The fraction of sp³-hybridized carbons (Fsp3) is 0.0909. The maximum atomic E-state index is 13.4. The average molecular weight is 280 g/mol. The van der Waals surface area contributed by atoms with Crippen molar-refractivity contribution in [2.45, 2.75) is 6.92 Å². The first-order valence-electron chi connectivity index (χ1n) is 4.31. The third kappa shape index (κ3) is 2.59. The highest BCUT2D eigenvalue weighted by atomic mass is 79.9. The van der Waals surface area contributed by atoms with E-state index < -0.39 is 0 Å². The van der Waals surface area contributed by atoms with Crippen molar-refractivity contribution in [1.29, 1.82) is 10.5 Å². The smallest absolute Gasteiger partial charge is 0.145 e. The predicted molar refractivity (Wildman–Crippen MR) is 61.8 cm³/mol. The number of halogens is 2. The number of benzene rings is 1. The van der Waals surface area contributed by atoms with E-state index in [9.17, 15) is 4.39 Å². The van der Waals surface area contributed by atoms with Crippen molar-refractivity contribution in [2.24, 2.45) is 0 Å². The van der Waals surface area contributed by atoms with Crippen molar-refractivity contribution in [1.82, 2.24) is 0 Å². The van der Waals surface area contributed by atoms with Gasteiger partial charge in [-0.3, -0.25) is 0 Å². The molecule has 0 fully saturated rings. The van der Waals surface area contributed by atoms with E-state index in [0.29, 0.717) is 15.7 Å². The minimum absolute atomic E-state index is 0.0669. The Labute approximate surface area is 101 Å². The molecule has 1 aromatic rings. The lowest BCUT2D eigenvalue weighted by Crippen LogP contribution is -1.95. The summed E-state index contributed by atoms with van der Waals surface area (Å²) in [7, 11) is 0. The molecular formula is C11H7BrFN3. The highest BCUT2D eigenvalue weighted by Gasteiger charge is 2.06. The van der Waals surface area contributed by atoms with Crippen LogP contribution in [0.3, 0.4) is 0 Å². The topological polar surface area (TPSA) is 59.6 Å². The van der Waals surface area contributed by atoms with E-state index in [1.165, 1.54) is 6.20 Å². The number of rotatable bonds is 2. The van der Waals surface area contributed by atoms with Crippen LogP contribution < -0.4 is 5.32 Å². The number of hydrogen-bond acceptors (Lipinski definition) is 3. The van der Waals surface area contributed by atoms with Crippen LogP contribution in [0.15, 0.2) is 28.4 Å². The second-order valence-corrected chi connectivity index (χ2v) is 3.81. The van der Waals surface area contributed by atoms with Crippen molar-refractivity contribution >= 4 is 21.6 Å². The van der Waals surface area contributed by atoms with Gasteiger partial charge in [-0.15, -0.1) is 0 Å². The summed E-state index contributed by atoms with van der Waals surface area (Å²) in [5.41, 5.74) is 0.868.